The summed E-state index contributed by atoms with van der Waals surface area (Å²) in [7, 11) is 1.60. The highest BCUT2D eigenvalue weighted by molar-refractivity contribution is 6.31. The minimum atomic E-state index is -0.438. The smallest absolute Gasteiger partial charge is 0.269 e. The molecule has 0 fully saturated rings. The van der Waals surface area contributed by atoms with Crippen LogP contribution in [-0.2, 0) is 6.54 Å². The molecule has 0 aromatic heterocycles. The highest BCUT2D eigenvalue weighted by Gasteiger charge is 2.10. The van der Waals surface area contributed by atoms with Crippen molar-refractivity contribution in [2.75, 3.05) is 12.4 Å². The molecular formula is C15H15ClN2O3. The molecule has 6 heteroatoms. The van der Waals surface area contributed by atoms with Crippen LogP contribution in [0.3, 0.4) is 0 Å². The first kappa shape index (κ1) is 15.1. The molecule has 0 aliphatic rings. The van der Waals surface area contributed by atoms with E-state index in [0.29, 0.717) is 17.1 Å². The highest BCUT2D eigenvalue weighted by Crippen LogP contribution is 2.28. The lowest BCUT2D eigenvalue weighted by Gasteiger charge is -2.12. The van der Waals surface area contributed by atoms with Crippen LogP contribution in [0.25, 0.3) is 0 Å². The first-order valence-corrected chi connectivity index (χ1v) is 6.70. The summed E-state index contributed by atoms with van der Waals surface area (Å²) in [5, 5.41) is 14.5. The summed E-state index contributed by atoms with van der Waals surface area (Å²) in [6, 6.07) is 10.2. The van der Waals surface area contributed by atoms with Crippen LogP contribution in [-0.4, -0.2) is 12.0 Å². The Bertz CT molecular complexity index is 674. The van der Waals surface area contributed by atoms with Crippen molar-refractivity contribution in [2.24, 2.45) is 0 Å². The predicted octanol–water partition coefficient (Wildman–Crippen LogP) is 4.18. The van der Waals surface area contributed by atoms with E-state index >= 15 is 0 Å². The van der Waals surface area contributed by atoms with Gasteiger partial charge in [-0.25, -0.2) is 0 Å². The number of hydrogen-bond donors (Lipinski definition) is 1. The zero-order chi connectivity index (χ0) is 15.4. The van der Waals surface area contributed by atoms with Crippen molar-refractivity contribution >= 4 is 23.0 Å². The van der Waals surface area contributed by atoms with Crippen molar-refractivity contribution < 1.29 is 9.66 Å². The summed E-state index contributed by atoms with van der Waals surface area (Å²) in [5.41, 5.74) is 2.58. The van der Waals surface area contributed by atoms with Crippen LogP contribution in [0.15, 0.2) is 36.4 Å². The number of nitro benzene ring substituents is 1. The first-order valence-electron chi connectivity index (χ1n) is 6.32. The molecule has 0 spiro atoms. The van der Waals surface area contributed by atoms with Crippen molar-refractivity contribution in [3.05, 3.63) is 62.7 Å². The van der Waals surface area contributed by atoms with Gasteiger partial charge in [-0.1, -0.05) is 17.7 Å². The standard InChI is InChI=1S/C15H15ClN2O3/c1-10-3-6-14(15(7-10)21-2)17-9-11-8-12(18(19)20)4-5-13(11)16/h3-8,17H,9H2,1-2H3. The summed E-state index contributed by atoms with van der Waals surface area (Å²) in [6.07, 6.45) is 0. The third-order valence-corrected chi connectivity index (χ3v) is 3.44. The number of hydrogen-bond acceptors (Lipinski definition) is 4. The summed E-state index contributed by atoms with van der Waals surface area (Å²) >= 11 is 6.07. The Hall–Kier alpha value is -2.27. The Morgan fingerprint density at radius 1 is 1.29 bits per heavy atom. The molecule has 0 bridgehead atoms. The second-order valence-corrected chi connectivity index (χ2v) is 5.00. The van der Waals surface area contributed by atoms with E-state index in [2.05, 4.69) is 5.32 Å². The molecule has 2 aromatic rings. The fourth-order valence-corrected chi connectivity index (χ4v) is 2.13. The lowest BCUT2D eigenvalue weighted by Crippen LogP contribution is -2.03. The van der Waals surface area contributed by atoms with Gasteiger partial charge >= 0.3 is 0 Å². The lowest BCUT2D eigenvalue weighted by molar-refractivity contribution is -0.384. The number of methoxy groups -OCH3 is 1. The zero-order valence-electron chi connectivity index (χ0n) is 11.7. The van der Waals surface area contributed by atoms with E-state index in [0.717, 1.165) is 17.0 Å². The second-order valence-electron chi connectivity index (χ2n) is 4.59. The Morgan fingerprint density at radius 3 is 2.71 bits per heavy atom. The molecule has 0 atom stereocenters. The monoisotopic (exact) mass is 306 g/mol. The average Bonchev–Trinajstić information content (AvgIpc) is 2.47. The number of rotatable bonds is 5. The molecule has 5 nitrogen and oxygen atoms in total. The minimum Gasteiger partial charge on any atom is -0.495 e. The van der Waals surface area contributed by atoms with E-state index in [4.69, 9.17) is 16.3 Å². The molecule has 110 valence electrons. The molecule has 0 aliphatic carbocycles. The van der Waals surface area contributed by atoms with Crippen LogP contribution in [0, 0.1) is 17.0 Å². The topological polar surface area (TPSA) is 64.4 Å². The fraction of sp³-hybridized carbons (Fsp3) is 0.200. The molecule has 0 amide bonds. The fourth-order valence-electron chi connectivity index (χ4n) is 1.95. The molecule has 0 aliphatic heterocycles. The molecule has 0 saturated carbocycles. The maximum atomic E-state index is 10.8. The van der Waals surface area contributed by atoms with Gasteiger partial charge in [0.1, 0.15) is 5.75 Å². The molecule has 0 unspecified atom stereocenters. The van der Waals surface area contributed by atoms with Gasteiger partial charge in [-0.05, 0) is 36.2 Å². The number of benzene rings is 2. The summed E-state index contributed by atoms with van der Waals surface area (Å²) in [4.78, 5) is 10.4. The van der Waals surface area contributed by atoms with Crippen molar-refractivity contribution in [3.8, 4) is 5.75 Å². The molecule has 0 radical (unpaired) electrons. The third-order valence-electron chi connectivity index (χ3n) is 3.07. The molecular weight excluding hydrogens is 292 g/mol. The van der Waals surface area contributed by atoms with Gasteiger partial charge in [-0.3, -0.25) is 10.1 Å². The van der Waals surface area contributed by atoms with Crippen LogP contribution < -0.4 is 10.1 Å². The number of nitrogens with zero attached hydrogens (tertiary/aromatic N) is 1. The van der Waals surface area contributed by atoms with Gasteiger partial charge in [0.25, 0.3) is 5.69 Å². The molecule has 0 saturated heterocycles. The molecule has 21 heavy (non-hydrogen) atoms. The Labute approximate surface area is 127 Å². The van der Waals surface area contributed by atoms with Crippen molar-refractivity contribution in [2.45, 2.75) is 13.5 Å². The van der Waals surface area contributed by atoms with Crippen LogP contribution >= 0.6 is 11.6 Å². The largest absolute Gasteiger partial charge is 0.495 e. The van der Waals surface area contributed by atoms with E-state index in [-0.39, 0.29) is 5.69 Å². The van der Waals surface area contributed by atoms with E-state index in [1.807, 2.05) is 25.1 Å². The van der Waals surface area contributed by atoms with Crippen molar-refractivity contribution in [1.82, 2.24) is 0 Å². The summed E-state index contributed by atoms with van der Waals surface area (Å²) in [6.45, 7) is 2.35. The van der Waals surface area contributed by atoms with Gasteiger partial charge in [0.15, 0.2) is 0 Å². The molecule has 2 rings (SSSR count). The van der Waals surface area contributed by atoms with Crippen LogP contribution in [0.1, 0.15) is 11.1 Å². The predicted molar refractivity (Wildman–Crippen MR) is 83.2 cm³/mol. The van der Waals surface area contributed by atoms with E-state index in [1.165, 1.54) is 18.2 Å². The number of nitrogens with one attached hydrogen (secondary N) is 1. The van der Waals surface area contributed by atoms with Gasteiger partial charge in [0.05, 0.1) is 17.7 Å². The number of non-ortho nitro benzene ring substituents is 1. The third kappa shape index (κ3) is 3.64. The molecule has 2 aromatic carbocycles. The van der Waals surface area contributed by atoms with Gasteiger partial charge in [0.2, 0.25) is 0 Å². The van der Waals surface area contributed by atoms with Crippen LogP contribution in [0.5, 0.6) is 5.75 Å². The van der Waals surface area contributed by atoms with Gasteiger partial charge in [0, 0.05) is 23.7 Å². The second kappa shape index (κ2) is 6.45. The quantitative estimate of drug-likeness (QED) is 0.665. The number of nitro groups is 1. The number of aryl methyl sites for hydroxylation is 1. The Balaban J connectivity index is 2.20. The summed E-state index contributed by atoms with van der Waals surface area (Å²) < 4.78 is 5.30. The number of anilines is 1. The molecule has 0 heterocycles. The number of ether oxygens (including phenoxy) is 1. The Morgan fingerprint density at radius 2 is 2.05 bits per heavy atom. The Kier molecular flexibility index (Phi) is 4.65. The van der Waals surface area contributed by atoms with Gasteiger partial charge in [-0.2, -0.15) is 0 Å². The van der Waals surface area contributed by atoms with Crippen LogP contribution in [0.2, 0.25) is 5.02 Å². The number of halogens is 1. The minimum absolute atomic E-state index is 0.0204. The van der Waals surface area contributed by atoms with Crippen molar-refractivity contribution in [3.63, 3.8) is 0 Å². The first-order chi connectivity index (χ1) is 10.0. The lowest BCUT2D eigenvalue weighted by atomic mass is 10.1. The summed E-state index contributed by atoms with van der Waals surface area (Å²) in [5.74, 6) is 0.719. The van der Waals surface area contributed by atoms with E-state index < -0.39 is 4.92 Å². The zero-order valence-corrected chi connectivity index (χ0v) is 12.5. The maximum absolute atomic E-state index is 10.8. The molecule has 1 N–H and O–H groups in total. The SMILES string of the molecule is COc1cc(C)ccc1NCc1cc([N+](=O)[O-])ccc1Cl. The normalized spacial score (nSPS) is 10.2. The highest BCUT2D eigenvalue weighted by atomic mass is 35.5. The van der Waals surface area contributed by atoms with E-state index in [9.17, 15) is 10.1 Å². The van der Waals surface area contributed by atoms with Gasteiger partial charge < -0.3 is 10.1 Å². The average molecular weight is 307 g/mol. The van der Waals surface area contributed by atoms with E-state index in [1.54, 1.807) is 7.11 Å². The van der Waals surface area contributed by atoms with Crippen LogP contribution in [0.4, 0.5) is 11.4 Å². The van der Waals surface area contributed by atoms with Crippen molar-refractivity contribution in [1.29, 1.82) is 0 Å². The maximum Gasteiger partial charge on any atom is 0.269 e. The van der Waals surface area contributed by atoms with Gasteiger partial charge in [-0.15, -0.1) is 0 Å².